The second-order valence-corrected chi connectivity index (χ2v) is 8.61. The van der Waals surface area contributed by atoms with E-state index in [1.165, 1.54) is 6.42 Å². The third-order valence-electron chi connectivity index (χ3n) is 4.62. The summed E-state index contributed by atoms with van der Waals surface area (Å²) in [5.41, 5.74) is 1.49. The molecule has 0 saturated heterocycles. The molecular formula is C18H25BrN2O. The van der Waals surface area contributed by atoms with E-state index in [4.69, 9.17) is 4.98 Å². The van der Waals surface area contributed by atoms with Gasteiger partial charge in [-0.15, -0.1) is 0 Å². The molecule has 1 aliphatic rings. The van der Waals surface area contributed by atoms with Crippen LogP contribution in [0, 0.1) is 0 Å². The summed E-state index contributed by atoms with van der Waals surface area (Å²) < 4.78 is 3.29. The average molecular weight is 365 g/mol. The van der Waals surface area contributed by atoms with Crippen LogP contribution in [0.2, 0.25) is 0 Å². The number of hydrogen-bond acceptors (Lipinski definition) is 2. The highest BCUT2D eigenvalue weighted by atomic mass is 79.9. The molecule has 1 fully saturated rings. The monoisotopic (exact) mass is 364 g/mol. The van der Waals surface area contributed by atoms with E-state index in [1.54, 1.807) is 0 Å². The van der Waals surface area contributed by atoms with Gasteiger partial charge in [0.1, 0.15) is 5.82 Å². The lowest BCUT2D eigenvalue weighted by Gasteiger charge is -2.34. The zero-order chi connectivity index (χ0) is 16.0. The van der Waals surface area contributed by atoms with Crippen molar-refractivity contribution in [1.29, 1.82) is 0 Å². The van der Waals surface area contributed by atoms with Crippen molar-refractivity contribution in [2.45, 2.75) is 70.4 Å². The van der Waals surface area contributed by atoms with E-state index in [-0.39, 0.29) is 5.41 Å². The van der Waals surface area contributed by atoms with Crippen LogP contribution in [0.15, 0.2) is 22.7 Å². The predicted octanol–water partition coefficient (Wildman–Crippen LogP) is 4.79. The van der Waals surface area contributed by atoms with Gasteiger partial charge in [0.15, 0.2) is 0 Å². The van der Waals surface area contributed by atoms with E-state index in [9.17, 15) is 5.11 Å². The van der Waals surface area contributed by atoms with Crippen molar-refractivity contribution in [3.8, 4) is 0 Å². The Kier molecular flexibility index (Phi) is 4.11. The zero-order valence-electron chi connectivity index (χ0n) is 13.7. The van der Waals surface area contributed by atoms with Gasteiger partial charge in [0.25, 0.3) is 0 Å². The summed E-state index contributed by atoms with van der Waals surface area (Å²) in [5.74, 6) is 1.06. The number of nitrogens with zero attached hydrogens (tertiary/aromatic N) is 2. The number of rotatable bonds is 2. The Morgan fingerprint density at radius 2 is 1.91 bits per heavy atom. The summed E-state index contributed by atoms with van der Waals surface area (Å²) in [6.45, 7) is 7.21. The van der Waals surface area contributed by atoms with Crippen molar-refractivity contribution in [3.05, 3.63) is 28.5 Å². The highest BCUT2D eigenvalue weighted by molar-refractivity contribution is 9.10. The predicted molar refractivity (Wildman–Crippen MR) is 94.2 cm³/mol. The molecule has 0 bridgehead atoms. The van der Waals surface area contributed by atoms with E-state index in [2.05, 4.69) is 59.5 Å². The Bertz CT molecular complexity index is 678. The fraction of sp³-hybridized carbons (Fsp3) is 0.611. The van der Waals surface area contributed by atoms with Crippen LogP contribution in [-0.4, -0.2) is 20.3 Å². The van der Waals surface area contributed by atoms with Crippen LogP contribution in [0.4, 0.5) is 0 Å². The van der Waals surface area contributed by atoms with Crippen molar-refractivity contribution in [2.24, 2.45) is 0 Å². The van der Waals surface area contributed by atoms with Crippen LogP contribution in [0.3, 0.4) is 0 Å². The Morgan fingerprint density at radius 3 is 2.55 bits per heavy atom. The minimum atomic E-state index is -0.584. The van der Waals surface area contributed by atoms with Crippen LogP contribution in [0.5, 0.6) is 0 Å². The summed E-state index contributed by atoms with van der Waals surface area (Å²) in [6, 6.07) is 6.22. The van der Waals surface area contributed by atoms with E-state index in [0.29, 0.717) is 6.54 Å². The SMILES string of the molecule is CC(C)(C)c1nc2cc(Br)ccc2n1CC1(O)CCCCC1. The van der Waals surface area contributed by atoms with Crippen molar-refractivity contribution in [1.82, 2.24) is 9.55 Å². The van der Waals surface area contributed by atoms with Gasteiger partial charge in [0.05, 0.1) is 23.2 Å². The molecule has 0 aliphatic heterocycles. The minimum Gasteiger partial charge on any atom is -0.388 e. The highest BCUT2D eigenvalue weighted by Gasteiger charge is 2.33. The summed E-state index contributed by atoms with van der Waals surface area (Å²) in [4.78, 5) is 4.86. The summed E-state index contributed by atoms with van der Waals surface area (Å²) in [6.07, 6.45) is 5.28. The first-order valence-corrected chi connectivity index (χ1v) is 8.96. The van der Waals surface area contributed by atoms with Crippen molar-refractivity contribution < 1.29 is 5.11 Å². The van der Waals surface area contributed by atoms with Crippen LogP contribution < -0.4 is 0 Å². The molecular weight excluding hydrogens is 340 g/mol. The van der Waals surface area contributed by atoms with Gasteiger partial charge in [-0.05, 0) is 31.0 Å². The van der Waals surface area contributed by atoms with Crippen molar-refractivity contribution in [3.63, 3.8) is 0 Å². The van der Waals surface area contributed by atoms with E-state index >= 15 is 0 Å². The van der Waals surface area contributed by atoms with Gasteiger partial charge < -0.3 is 9.67 Å². The number of aliphatic hydroxyl groups is 1. The molecule has 1 saturated carbocycles. The van der Waals surface area contributed by atoms with Crippen LogP contribution in [0.1, 0.15) is 58.7 Å². The molecule has 1 heterocycles. The first-order valence-electron chi connectivity index (χ1n) is 8.17. The number of aromatic nitrogens is 2. The molecule has 0 radical (unpaired) electrons. The normalized spacial score (nSPS) is 18.8. The maximum Gasteiger partial charge on any atom is 0.115 e. The van der Waals surface area contributed by atoms with Gasteiger partial charge in [0.2, 0.25) is 0 Å². The smallest absolute Gasteiger partial charge is 0.115 e. The van der Waals surface area contributed by atoms with Crippen molar-refractivity contribution >= 4 is 27.0 Å². The number of imidazole rings is 1. The Labute approximate surface area is 140 Å². The van der Waals surface area contributed by atoms with Crippen LogP contribution in [0.25, 0.3) is 11.0 Å². The number of hydrogen-bond donors (Lipinski definition) is 1. The van der Waals surface area contributed by atoms with E-state index in [1.807, 2.05) is 0 Å². The molecule has 1 N–H and O–H groups in total. The molecule has 0 atom stereocenters. The molecule has 3 nitrogen and oxygen atoms in total. The molecule has 120 valence electrons. The Hall–Kier alpha value is -0.870. The second-order valence-electron chi connectivity index (χ2n) is 7.69. The fourth-order valence-corrected chi connectivity index (χ4v) is 3.85. The Morgan fingerprint density at radius 1 is 1.23 bits per heavy atom. The lowest BCUT2D eigenvalue weighted by Crippen LogP contribution is -2.37. The maximum absolute atomic E-state index is 11.0. The molecule has 3 rings (SSSR count). The zero-order valence-corrected chi connectivity index (χ0v) is 15.3. The quantitative estimate of drug-likeness (QED) is 0.831. The number of halogens is 1. The third kappa shape index (κ3) is 3.09. The minimum absolute atomic E-state index is 0.0451. The molecule has 1 aromatic carbocycles. The topological polar surface area (TPSA) is 38.0 Å². The molecule has 1 aliphatic carbocycles. The van der Waals surface area contributed by atoms with E-state index in [0.717, 1.165) is 47.0 Å². The maximum atomic E-state index is 11.0. The summed E-state index contributed by atoms with van der Waals surface area (Å²) in [7, 11) is 0. The van der Waals surface area contributed by atoms with Gasteiger partial charge in [-0.3, -0.25) is 0 Å². The van der Waals surface area contributed by atoms with Gasteiger partial charge >= 0.3 is 0 Å². The molecule has 22 heavy (non-hydrogen) atoms. The van der Waals surface area contributed by atoms with Crippen LogP contribution in [-0.2, 0) is 12.0 Å². The average Bonchev–Trinajstić information content (AvgIpc) is 2.77. The van der Waals surface area contributed by atoms with Gasteiger partial charge in [0, 0.05) is 9.89 Å². The molecule has 4 heteroatoms. The lowest BCUT2D eigenvalue weighted by molar-refractivity contribution is -0.0116. The molecule has 0 amide bonds. The first kappa shape index (κ1) is 16.0. The summed E-state index contributed by atoms with van der Waals surface area (Å²) >= 11 is 3.53. The van der Waals surface area contributed by atoms with E-state index < -0.39 is 5.60 Å². The van der Waals surface area contributed by atoms with Crippen molar-refractivity contribution in [2.75, 3.05) is 0 Å². The molecule has 1 aromatic heterocycles. The third-order valence-corrected chi connectivity index (χ3v) is 5.11. The van der Waals surface area contributed by atoms with Gasteiger partial charge in [-0.25, -0.2) is 4.98 Å². The molecule has 2 aromatic rings. The van der Waals surface area contributed by atoms with Crippen LogP contribution >= 0.6 is 15.9 Å². The van der Waals surface area contributed by atoms with Gasteiger partial charge in [-0.1, -0.05) is 56.0 Å². The molecule has 0 spiro atoms. The fourth-order valence-electron chi connectivity index (χ4n) is 3.50. The molecule has 0 unspecified atom stereocenters. The first-order chi connectivity index (χ1) is 10.3. The largest absolute Gasteiger partial charge is 0.388 e. The second kappa shape index (κ2) is 5.64. The lowest BCUT2D eigenvalue weighted by atomic mass is 9.84. The number of fused-ring (bicyclic) bond motifs is 1. The summed E-state index contributed by atoms with van der Waals surface area (Å²) in [5, 5.41) is 11.0. The van der Waals surface area contributed by atoms with Gasteiger partial charge in [-0.2, -0.15) is 0 Å². The Balaban J connectivity index is 2.09. The number of benzene rings is 1. The highest BCUT2D eigenvalue weighted by Crippen LogP contribution is 2.34. The standard InChI is InChI=1S/C18H25BrN2O/c1-17(2,3)16-20-14-11-13(19)7-8-15(14)21(16)12-18(22)9-5-4-6-10-18/h7-8,11,22H,4-6,9-10,12H2,1-3H3.